The SMILES string of the molecule is O=c1cc(OC2CCNCC2)cc[nH]1. The van der Waals surface area contributed by atoms with Gasteiger partial charge in [0.1, 0.15) is 11.9 Å². The molecule has 0 unspecified atom stereocenters. The van der Waals surface area contributed by atoms with Crippen molar-refractivity contribution in [2.45, 2.75) is 18.9 Å². The maximum Gasteiger partial charge on any atom is 0.251 e. The Kier molecular flexibility index (Phi) is 2.84. The number of rotatable bonds is 2. The minimum absolute atomic E-state index is 0.114. The van der Waals surface area contributed by atoms with Crippen LogP contribution in [-0.2, 0) is 0 Å². The van der Waals surface area contributed by atoms with Crippen molar-refractivity contribution < 1.29 is 4.74 Å². The van der Waals surface area contributed by atoms with Crippen molar-refractivity contribution in [3.8, 4) is 5.75 Å². The molecule has 1 fully saturated rings. The summed E-state index contributed by atoms with van der Waals surface area (Å²) >= 11 is 0. The molecule has 1 aromatic rings. The molecule has 0 bridgehead atoms. The van der Waals surface area contributed by atoms with E-state index in [9.17, 15) is 4.79 Å². The van der Waals surface area contributed by atoms with E-state index < -0.39 is 0 Å². The number of pyridine rings is 1. The second-order valence-corrected chi connectivity index (χ2v) is 3.46. The average molecular weight is 194 g/mol. The fourth-order valence-corrected chi connectivity index (χ4v) is 1.60. The second kappa shape index (κ2) is 4.28. The van der Waals surface area contributed by atoms with Crippen molar-refractivity contribution in [2.75, 3.05) is 13.1 Å². The summed E-state index contributed by atoms with van der Waals surface area (Å²) in [6.07, 6.45) is 3.87. The smallest absolute Gasteiger partial charge is 0.251 e. The van der Waals surface area contributed by atoms with Crippen LogP contribution in [0.1, 0.15) is 12.8 Å². The van der Waals surface area contributed by atoms with Gasteiger partial charge in [0, 0.05) is 12.3 Å². The summed E-state index contributed by atoms with van der Waals surface area (Å²) in [5, 5.41) is 3.26. The molecule has 76 valence electrons. The Labute approximate surface area is 82.3 Å². The molecule has 0 aromatic carbocycles. The Morgan fingerprint density at radius 1 is 1.36 bits per heavy atom. The topological polar surface area (TPSA) is 54.1 Å². The standard InChI is InChI=1S/C10H14N2O2/c13-10-7-9(3-6-12-10)14-8-1-4-11-5-2-8/h3,6-8,11H,1-2,4-5H2,(H,12,13). The maximum absolute atomic E-state index is 11.0. The lowest BCUT2D eigenvalue weighted by atomic mass is 10.1. The van der Waals surface area contributed by atoms with Crippen LogP contribution in [0.3, 0.4) is 0 Å². The molecule has 1 aliphatic heterocycles. The van der Waals surface area contributed by atoms with Crippen LogP contribution in [0.4, 0.5) is 0 Å². The first kappa shape index (κ1) is 9.27. The molecular formula is C10H14N2O2. The van der Waals surface area contributed by atoms with Crippen LogP contribution >= 0.6 is 0 Å². The van der Waals surface area contributed by atoms with Crippen LogP contribution in [0.15, 0.2) is 23.1 Å². The predicted molar refractivity (Wildman–Crippen MR) is 53.6 cm³/mol. The number of nitrogens with one attached hydrogen (secondary N) is 2. The third-order valence-corrected chi connectivity index (χ3v) is 2.34. The molecule has 4 heteroatoms. The van der Waals surface area contributed by atoms with Crippen LogP contribution < -0.4 is 15.6 Å². The number of piperidine rings is 1. The molecule has 14 heavy (non-hydrogen) atoms. The van der Waals surface area contributed by atoms with E-state index in [-0.39, 0.29) is 11.7 Å². The van der Waals surface area contributed by atoms with Gasteiger partial charge in [0.05, 0.1) is 0 Å². The molecular weight excluding hydrogens is 180 g/mol. The molecule has 4 nitrogen and oxygen atoms in total. The number of hydrogen-bond donors (Lipinski definition) is 2. The van der Waals surface area contributed by atoms with Crippen molar-refractivity contribution in [2.24, 2.45) is 0 Å². The van der Waals surface area contributed by atoms with Gasteiger partial charge in [0.2, 0.25) is 0 Å². The minimum Gasteiger partial charge on any atom is -0.490 e. The quantitative estimate of drug-likeness (QED) is 0.721. The van der Waals surface area contributed by atoms with Crippen LogP contribution in [0.2, 0.25) is 0 Å². The van der Waals surface area contributed by atoms with Gasteiger partial charge in [-0.15, -0.1) is 0 Å². The Morgan fingerprint density at radius 3 is 2.86 bits per heavy atom. The van der Waals surface area contributed by atoms with E-state index >= 15 is 0 Å². The van der Waals surface area contributed by atoms with Crippen LogP contribution in [0.5, 0.6) is 5.75 Å². The van der Waals surface area contributed by atoms with Gasteiger partial charge in [-0.05, 0) is 32.0 Å². The fourth-order valence-electron chi connectivity index (χ4n) is 1.60. The monoisotopic (exact) mass is 194 g/mol. The summed E-state index contributed by atoms with van der Waals surface area (Å²) in [5.41, 5.74) is -0.114. The first-order chi connectivity index (χ1) is 6.84. The molecule has 1 saturated heterocycles. The van der Waals surface area contributed by atoms with Crippen LogP contribution in [0, 0.1) is 0 Å². The van der Waals surface area contributed by atoms with Gasteiger partial charge in [-0.3, -0.25) is 4.79 Å². The number of ether oxygens (including phenoxy) is 1. The highest BCUT2D eigenvalue weighted by atomic mass is 16.5. The highest BCUT2D eigenvalue weighted by Gasteiger charge is 2.14. The third-order valence-electron chi connectivity index (χ3n) is 2.34. The molecule has 0 saturated carbocycles. The van der Waals surface area contributed by atoms with Crippen molar-refractivity contribution in [3.05, 3.63) is 28.7 Å². The Bertz CT molecular complexity index is 342. The Hall–Kier alpha value is -1.29. The lowest BCUT2D eigenvalue weighted by molar-refractivity contribution is 0.162. The van der Waals surface area contributed by atoms with Crippen LogP contribution in [0.25, 0.3) is 0 Å². The molecule has 2 rings (SSSR count). The summed E-state index contributed by atoms with van der Waals surface area (Å²) in [5.74, 6) is 0.667. The number of aromatic amines is 1. The van der Waals surface area contributed by atoms with Crippen molar-refractivity contribution >= 4 is 0 Å². The number of hydrogen-bond acceptors (Lipinski definition) is 3. The first-order valence-corrected chi connectivity index (χ1v) is 4.91. The Balaban J connectivity index is 1.99. The molecule has 2 heterocycles. The number of H-pyrrole nitrogens is 1. The summed E-state index contributed by atoms with van der Waals surface area (Å²) in [6, 6.07) is 3.27. The summed E-state index contributed by atoms with van der Waals surface area (Å²) in [4.78, 5) is 13.5. The van der Waals surface area contributed by atoms with Gasteiger partial charge in [0.25, 0.3) is 5.56 Å². The molecule has 1 aliphatic rings. The average Bonchev–Trinajstić information content (AvgIpc) is 2.19. The van der Waals surface area contributed by atoms with Crippen molar-refractivity contribution in [3.63, 3.8) is 0 Å². The lowest BCUT2D eigenvalue weighted by Crippen LogP contribution is -2.34. The fraction of sp³-hybridized carbons (Fsp3) is 0.500. The zero-order valence-electron chi connectivity index (χ0n) is 7.95. The van der Waals surface area contributed by atoms with Gasteiger partial charge in [0.15, 0.2) is 0 Å². The minimum atomic E-state index is -0.114. The van der Waals surface area contributed by atoms with Gasteiger partial charge in [-0.1, -0.05) is 0 Å². The molecule has 0 atom stereocenters. The van der Waals surface area contributed by atoms with E-state index in [0.717, 1.165) is 25.9 Å². The normalized spacial score (nSPS) is 18.0. The zero-order valence-corrected chi connectivity index (χ0v) is 7.95. The predicted octanol–water partition coefficient (Wildman–Crippen LogP) is 0.506. The number of aromatic nitrogens is 1. The highest BCUT2D eigenvalue weighted by molar-refractivity contribution is 5.17. The molecule has 0 aliphatic carbocycles. The van der Waals surface area contributed by atoms with E-state index in [1.807, 2.05) is 0 Å². The summed E-state index contributed by atoms with van der Waals surface area (Å²) < 4.78 is 5.68. The highest BCUT2D eigenvalue weighted by Crippen LogP contribution is 2.13. The molecule has 0 amide bonds. The zero-order chi connectivity index (χ0) is 9.80. The third kappa shape index (κ3) is 2.35. The molecule has 0 radical (unpaired) electrons. The van der Waals surface area contributed by atoms with E-state index in [2.05, 4.69) is 10.3 Å². The van der Waals surface area contributed by atoms with Crippen LogP contribution in [-0.4, -0.2) is 24.2 Å². The van der Waals surface area contributed by atoms with Gasteiger partial charge in [-0.2, -0.15) is 0 Å². The van der Waals surface area contributed by atoms with E-state index in [1.54, 1.807) is 12.3 Å². The Morgan fingerprint density at radius 2 is 2.14 bits per heavy atom. The first-order valence-electron chi connectivity index (χ1n) is 4.91. The molecule has 0 spiro atoms. The van der Waals surface area contributed by atoms with Gasteiger partial charge < -0.3 is 15.0 Å². The van der Waals surface area contributed by atoms with Crippen molar-refractivity contribution in [1.82, 2.24) is 10.3 Å². The van der Waals surface area contributed by atoms with E-state index in [0.29, 0.717) is 5.75 Å². The lowest BCUT2D eigenvalue weighted by Gasteiger charge is -2.23. The summed E-state index contributed by atoms with van der Waals surface area (Å²) in [6.45, 7) is 1.99. The van der Waals surface area contributed by atoms with Crippen molar-refractivity contribution in [1.29, 1.82) is 0 Å². The largest absolute Gasteiger partial charge is 0.490 e. The van der Waals surface area contributed by atoms with E-state index in [1.165, 1.54) is 6.07 Å². The van der Waals surface area contributed by atoms with E-state index in [4.69, 9.17) is 4.74 Å². The maximum atomic E-state index is 11.0. The van der Waals surface area contributed by atoms with Gasteiger partial charge in [-0.25, -0.2) is 0 Å². The molecule has 1 aromatic heterocycles. The molecule has 2 N–H and O–H groups in total. The second-order valence-electron chi connectivity index (χ2n) is 3.46. The van der Waals surface area contributed by atoms with Gasteiger partial charge >= 0.3 is 0 Å². The summed E-state index contributed by atoms with van der Waals surface area (Å²) in [7, 11) is 0.